The highest BCUT2D eigenvalue weighted by molar-refractivity contribution is 7.10. The van der Waals surface area contributed by atoms with Gasteiger partial charge in [-0.3, -0.25) is 4.79 Å². The number of carbonyl (C=O) groups excluding carboxylic acids is 1. The van der Waals surface area contributed by atoms with E-state index in [1.54, 1.807) is 5.38 Å². The molecule has 1 N–H and O–H groups in total. The molecule has 28 heavy (non-hydrogen) atoms. The number of nitrogens with one attached hydrogen (secondary N) is 1. The lowest BCUT2D eigenvalue weighted by molar-refractivity contribution is 0.0950. The minimum atomic E-state index is -0.190. The van der Waals surface area contributed by atoms with Crippen molar-refractivity contribution in [1.29, 1.82) is 0 Å². The van der Waals surface area contributed by atoms with Gasteiger partial charge >= 0.3 is 0 Å². The normalized spacial score (nSPS) is 10.7. The van der Waals surface area contributed by atoms with Gasteiger partial charge in [-0.2, -0.15) is 0 Å². The monoisotopic (exact) mass is 385 g/mol. The number of fused-ring (bicyclic) bond motifs is 1. The van der Waals surface area contributed by atoms with E-state index < -0.39 is 0 Å². The molecule has 1 amide bonds. The first-order valence-corrected chi connectivity index (χ1v) is 9.87. The summed E-state index contributed by atoms with van der Waals surface area (Å²) in [6, 6.07) is 17.0. The molecule has 0 atom stereocenters. The van der Waals surface area contributed by atoms with E-state index in [1.165, 1.54) is 38.9 Å². The Balaban J connectivity index is 1.41. The van der Waals surface area contributed by atoms with Crippen molar-refractivity contribution < 1.29 is 4.79 Å². The number of thiazole rings is 1. The molecule has 0 aliphatic heterocycles. The van der Waals surface area contributed by atoms with Gasteiger partial charge in [0.25, 0.3) is 5.91 Å². The Morgan fingerprint density at radius 1 is 1.21 bits per heavy atom. The van der Waals surface area contributed by atoms with E-state index in [1.807, 2.05) is 0 Å². The van der Waals surface area contributed by atoms with E-state index in [0.717, 1.165) is 6.42 Å². The first kappa shape index (κ1) is 18.0. The van der Waals surface area contributed by atoms with Crippen molar-refractivity contribution in [2.45, 2.75) is 6.42 Å². The van der Waals surface area contributed by atoms with Crippen LogP contribution in [0, 0.1) is 12.3 Å². The Morgan fingerprint density at radius 3 is 2.79 bits per heavy atom. The largest absolute Gasteiger partial charge is 0.351 e. The summed E-state index contributed by atoms with van der Waals surface area (Å²) >= 11 is 1.30. The van der Waals surface area contributed by atoms with Crippen molar-refractivity contribution in [3.8, 4) is 23.5 Å². The van der Waals surface area contributed by atoms with Gasteiger partial charge in [-0.25, -0.2) is 4.98 Å². The molecule has 2 heterocycles. The standard InChI is InChI=1S/C23H19N3OS/c1-3-22-25-20(15-28-22)23(27)24-13-11-16-7-9-17(10-8-16)18-5-4-6-21-19(18)12-14-26(21)2/h1,4-10,12,14-15H,11,13H2,2H3,(H,24,27). The molecule has 2 aromatic heterocycles. The zero-order valence-electron chi connectivity index (χ0n) is 15.5. The maximum Gasteiger partial charge on any atom is 0.270 e. The fourth-order valence-electron chi connectivity index (χ4n) is 3.26. The van der Waals surface area contributed by atoms with E-state index in [9.17, 15) is 4.79 Å². The van der Waals surface area contributed by atoms with Crippen molar-refractivity contribution in [2.24, 2.45) is 7.05 Å². The molecule has 0 spiro atoms. The molecular formula is C23H19N3OS. The molecule has 0 unspecified atom stereocenters. The van der Waals surface area contributed by atoms with E-state index in [-0.39, 0.29) is 5.91 Å². The van der Waals surface area contributed by atoms with Crippen LogP contribution in [0.1, 0.15) is 21.1 Å². The van der Waals surface area contributed by atoms with Gasteiger partial charge in [0.1, 0.15) is 5.69 Å². The molecule has 138 valence electrons. The van der Waals surface area contributed by atoms with Crippen molar-refractivity contribution in [3.63, 3.8) is 0 Å². The van der Waals surface area contributed by atoms with Gasteiger partial charge in [0.05, 0.1) is 0 Å². The predicted octanol–water partition coefficient (Wildman–Crippen LogP) is 4.26. The van der Waals surface area contributed by atoms with Crippen LogP contribution in [0.25, 0.3) is 22.0 Å². The van der Waals surface area contributed by atoms with Gasteiger partial charge in [-0.15, -0.1) is 17.8 Å². The number of hydrogen-bond donors (Lipinski definition) is 1. The van der Waals surface area contributed by atoms with E-state index in [2.05, 4.69) is 82.6 Å². The molecule has 4 aromatic rings. The molecule has 5 heteroatoms. The predicted molar refractivity (Wildman–Crippen MR) is 114 cm³/mol. The minimum absolute atomic E-state index is 0.190. The van der Waals surface area contributed by atoms with Gasteiger partial charge in [0.2, 0.25) is 0 Å². The maximum atomic E-state index is 12.1. The summed E-state index contributed by atoms with van der Waals surface area (Å²) in [4.78, 5) is 16.2. The summed E-state index contributed by atoms with van der Waals surface area (Å²) in [6.45, 7) is 0.551. The molecule has 0 aliphatic rings. The van der Waals surface area contributed by atoms with Gasteiger partial charge < -0.3 is 9.88 Å². The molecular weight excluding hydrogens is 366 g/mol. The lowest BCUT2D eigenvalue weighted by atomic mass is 10.00. The SMILES string of the molecule is C#Cc1nc(C(=O)NCCc2ccc(-c3cccc4c3ccn4C)cc2)cs1. The quantitative estimate of drug-likeness (QED) is 0.522. The zero-order valence-corrected chi connectivity index (χ0v) is 16.3. The Morgan fingerprint density at radius 2 is 2.04 bits per heavy atom. The Labute approximate surface area is 167 Å². The average molecular weight is 385 g/mol. The Kier molecular flexibility index (Phi) is 4.96. The molecule has 0 bridgehead atoms. The second-order valence-corrected chi connectivity index (χ2v) is 7.41. The lowest BCUT2D eigenvalue weighted by Gasteiger charge is -2.07. The second-order valence-electron chi connectivity index (χ2n) is 6.55. The van der Waals surface area contributed by atoms with Crippen molar-refractivity contribution >= 4 is 28.1 Å². The van der Waals surface area contributed by atoms with E-state index >= 15 is 0 Å². The van der Waals surface area contributed by atoms with Crippen molar-refractivity contribution in [1.82, 2.24) is 14.9 Å². The first-order chi connectivity index (χ1) is 13.7. The van der Waals surface area contributed by atoms with Gasteiger partial charge in [0.15, 0.2) is 5.01 Å². The van der Waals surface area contributed by atoms with Crippen LogP contribution in [0.4, 0.5) is 0 Å². The van der Waals surface area contributed by atoms with Crippen LogP contribution in [-0.2, 0) is 13.5 Å². The number of carbonyl (C=O) groups is 1. The lowest BCUT2D eigenvalue weighted by Crippen LogP contribution is -2.25. The average Bonchev–Trinajstić information content (AvgIpc) is 3.36. The number of benzene rings is 2. The highest BCUT2D eigenvalue weighted by Crippen LogP contribution is 2.29. The van der Waals surface area contributed by atoms with Crippen molar-refractivity contribution in [2.75, 3.05) is 6.54 Å². The van der Waals surface area contributed by atoms with Crippen LogP contribution in [0.2, 0.25) is 0 Å². The molecule has 4 nitrogen and oxygen atoms in total. The number of hydrogen-bond acceptors (Lipinski definition) is 3. The number of aryl methyl sites for hydroxylation is 1. The highest BCUT2D eigenvalue weighted by atomic mass is 32.1. The van der Waals surface area contributed by atoms with E-state index in [0.29, 0.717) is 17.2 Å². The number of aromatic nitrogens is 2. The number of terminal acetylenes is 1. The summed E-state index contributed by atoms with van der Waals surface area (Å²) in [5, 5.41) is 6.35. The van der Waals surface area contributed by atoms with Gasteiger partial charge in [0, 0.05) is 36.1 Å². The first-order valence-electron chi connectivity index (χ1n) is 8.99. The minimum Gasteiger partial charge on any atom is -0.351 e. The summed E-state index contributed by atoms with van der Waals surface area (Å²) in [7, 11) is 2.06. The van der Waals surface area contributed by atoms with Crippen LogP contribution < -0.4 is 5.32 Å². The third-order valence-corrected chi connectivity index (χ3v) is 5.53. The zero-order chi connectivity index (χ0) is 19.5. The Hall–Kier alpha value is -3.36. The third kappa shape index (κ3) is 3.55. The molecule has 0 fully saturated rings. The topological polar surface area (TPSA) is 46.9 Å². The number of rotatable bonds is 5. The maximum absolute atomic E-state index is 12.1. The summed E-state index contributed by atoms with van der Waals surface area (Å²) in [6.07, 6.45) is 8.13. The fourth-order valence-corrected chi connectivity index (χ4v) is 3.86. The summed E-state index contributed by atoms with van der Waals surface area (Å²) < 4.78 is 2.13. The fraction of sp³-hybridized carbons (Fsp3) is 0.130. The smallest absolute Gasteiger partial charge is 0.270 e. The van der Waals surface area contributed by atoms with E-state index in [4.69, 9.17) is 6.42 Å². The highest BCUT2D eigenvalue weighted by Gasteiger charge is 2.09. The second kappa shape index (κ2) is 7.71. The Bertz CT molecular complexity index is 1180. The van der Waals surface area contributed by atoms with Crippen LogP contribution in [0.5, 0.6) is 0 Å². The van der Waals surface area contributed by atoms with Gasteiger partial charge in [-0.05, 0) is 41.2 Å². The number of amides is 1. The van der Waals surface area contributed by atoms with Crippen LogP contribution >= 0.6 is 11.3 Å². The molecule has 4 rings (SSSR count). The molecule has 0 saturated heterocycles. The molecule has 0 saturated carbocycles. The van der Waals surface area contributed by atoms with Crippen molar-refractivity contribution in [3.05, 3.63) is 76.4 Å². The van der Waals surface area contributed by atoms with Crippen LogP contribution in [-0.4, -0.2) is 22.0 Å². The third-order valence-electron chi connectivity index (χ3n) is 4.75. The molecule has 0 aliphatic carbocycles. The molecule has 0 radical (unpaired) electrons. The summed E-state index contributed by atoms with van der Waals surface area (Å²) in [5.74, 6) is 2.25. The van der Waals surface area contributed by atoms with Gasteiger partial charge in [-0.1, -0.05) is 36.4 Å². The number of nitrogens with zero attached hydrogens (tertiary/aromatic N) is 2. The van der Waals surface area contributed by atoms with Crippen LogP contribution in [0.15, 0.2) is 60.1 Å². The summed E-state index contributed by atoms with van der Waals surface area (Å²) in [5.41, 5.74) is 5.19. The molecule has 2 aromatic carbocycles. The van der Waals surface area contributed by atoms with Crippen LogP contribution in [0.3, 0.4) is 0 Å².